The van der Waals surface area contributed by atoms with Crippen molar-refractivity contribution in [3.05, 3.63) is 24.2 Å². The van der Waals surface area contributed by atoms with Crippen molar-refractivity contribution in [1.82, 2.24) is 15.5 Å². The molecule has 0 fully saturated rings. The van der Waals surface area contributed by atoms with Gasteiger partial charge >= 0.3 is 6.03 Å². The first-order valence-corrected chi connectivity index (χ1v) is 7.01. The van der Waals surface area contributed by atoms with Crippen molar-refractivity contribution >= 4 is 11.9 Å². The van der Waals surface area contributed by atoms with Crippen molar-refractivity contribution in [2.75, 3.05) is 26.7 Å². The van der Waals surface area contributed by atoms with Crippen molar-refractivity contribution in [1.29, 1.82) is 0 Å². The SMILES string of the molecule is CN(CCCCCO)CC(=O)NC(=O)NCc1ccco1. The van der Waals surface area contributed by atoms with E-state index in [0.717, 1.165) is 25.8 Å². The Hall–Kier alpha value is -1.86. The van der Waals surface area contributed by atoms with E-state index in [1.165, 1.54) is 6.26 Å². The van der Waals surface area contributed by atoms with Crippen molar-refractivity contribution in [2.24, 2.45) is 0 Å². The van der Waals surface area contributed by atoms with Gasteiger partial charge in [-0.3, -0.25) is 15.0 Å². The number of nitrogens with zero attached hydrogens (tertiary/aromatic N) is 1. The molecule has 0 saturated heterocycles. The van der Waals surface area contributed by atoms with E-state index in [9.17, 15) is 9.59 Å². The van der Waals surface area contributed by atoms with Crippen LogP contribution in [0.4, 0.5) is 4.79 Å². The standard InChI is InChI=1S/C14H23N3O4/c1-17(7-3-2-4-8-18)11-13(19)16-14(20)15-10-12-6-5-9-21-12/h5-6,9,18H,2-4,7-8,10-11H2,1H3,(H2,15,16,19,20). The van der Waals surface area contributed by atoms with Crippen LogP contribution in [0.1, 0.15) is 25.0 Å². The lowest BCUT2D eigenvalue weighted by Crippen LogP contribution is -2.43. The van der Waals surface area contributed by atoms with Gasteiger partial charge in [-0.1, -0.05) is 0 Å². The fourth-order valence-corrected chi connectivity index (χ4v) is 1.79. The van der Waals surface area contributed by atoms with Crippen LogP contribution in [0.5, 0.6) is 0 Å². The fourth-order valence-electron chi connectivity index (χ4n) is 1.79. The molecule has 1 aromatic heterocycles. The summed E-state index contributed by atoms with van der Waals surface area (Å²) in [5, 5.41) is 13.5. The zero-order chi connectivity index (χ0) is 15.5. The van der Waals surface area contributed by atoms with Gasteiger partial charge in [0.05, 0.1) is 19.4 Å². The second kappa shape index (κ2) is 9.95. The number of carbonyl (C=O) groups is 2. The van der Waals surface area contributed by atoms with E-state index >= 15 is 0 Å². The molecule has 0 saturated carbocycles. The molecule has 0 aromatic carbocycles. The quantitative estimate of drug-likeness (QED) is 0.583. The van der Waals surface area contributed by atoms with Crippen LogP contribution in [0.25, 0.3) is 0 Å². The first kappa shape index (κ1) is 17.2. The van der Waals surface area contributed by atoms with Crippen LogP contribution in [-0.4, -0.2) is 48.7 Å². The van der Waals surface area contributed by atoms with Crippen molar-refractivity contribution < 1.29 is 19.1 Å². The molecule has 3 amide bonds. The minimum atomic E-state index is -0.537. The highest BCUT2D eigenvalue weighted by molar-refractivity contribution is 5.95. The Labute approximate surface area is 124 Å². The first-order valence-electron chi connectivity index (χ1n) is 7.01. The average Bonchev–Trinajstić information content (AvgIpc) is 2.94. The van der Waals surface area contributed by atoms with E-state index in [1.54, 1.807) is 12.1 Å². The van der Waals surface area contributed by atoms with Crippen LogP contribution in [0.3, 0.4) is 0 Å². The summed E-state index contributed by atoms with van der Waals surface area (Å²) in [6.45, 7) is 1.35. The maximum absolute atomic E-state index is 11.6. The molecule has 21 heavy (non-hydrogen) atoms. The third kappa shape index (κ3) is 8.11. The number of furan rings is 1. The minimum Gasteiger partial charge on any atom is -0.467 e. The number of imide groups is 1. The summed E-state index contributed by atoms with van der Waals surface area (Å²) in [5.74, 6) is 0.273. The van der Waals surface area contributed by atoms with Crippen molar-refractivity contribution in [3.63, 3.8) is 0 Å². The predicted octanol–water partition coefficient (Wildman–Crippen LogP) is 0.700. The molecule has 0 atom stereocenters. The molecular weight excluding hydrogens is 274 g/mol. The number of carbonyl (C=O) groups excluding carboxylic acids is 2. The van der Waals surface area contributed by atoms with Gasteiger partial charge in [0, 0.05) is 6.61 Å². The van der Waals surface area contributed by atoms with Crippen LogP contribution >= 0.6 is 0 Å². The minimum absolute atomic E-state index is 0.160. The number of hydrogen-bond donors (Lipinski definition) is 3. The van der Waals surface area contributed by atoms with E-state index in [4.69, 9.17) is 9.52 Å². The molecule has 0 aliphatic carbocycles. The number of hydrogen-bond acceptors (Lipinski definition) is 5. The molecule has 7 nitrogen and oxygen atoms in total. The molecule has 3 N–H and O–H groups in total. The third-order valence-corrected chi connectivity index (χ3v) is 2.87. The van der Waals surface area contributed by atoms with Crippen LogP contribution in [0.2, 0.25) is 0 Å². The topological polar surface area (TPSA) is 94.8 Å². The second-order valence-electron chi connectivity index (χ2n) is 4.83. The van der Waals surface area contributed by atoms with Crippen molar-refractivity contribution in [3.8, 4) is 0 Å². The summed E-state index contributed by atoms with van der Waals surface area (Å²) in [7, 11) is 1.82. The summed E-state index contributed by atoms with van der Waals surface area (Å²) in [4.78, 5) is 25.0. The number of unbranched alkanes of at least 4 members (excludes halogenated alkanes) is 2. The third-order valence-electron chi connectivity index (χ3n) is 2.87. The summed E-state index contributed by atoms with van der Waals surface area (Å²) in [6, 6.07) is 2.93. The van der Waals surface area contributed by atoms with Crippen LogP contribution < -0.4 is 10.6 Å². The molecule has 0 aliphatic rings. The van der Waals surface area contributed by atoms with E-state index in [0.29, 0.717) is 5.76 Å². The largest absolute Gasteiger partial charge is 0.467 e. The van der Waals surface area contributed by atoms with Crippen LogP contribution in [-0.2, 0) is 11.3 Å². The molecule has 118 valence electrons. The molecule has 0 aliphatic heterocycles. The molecule has 1 rings (SSSR count). The van der Waals surface area contributed by atoms with Gasteiger partial charge in [-0.2, -0.15) is 0 Å². The zero-order valence-corrected chi connectivity index (χ0v) is 12.3. The predicted molar refractivity (Wildman–Crippen MR) is 77.5 cm³/mol. The highest BCUT2D eigenvalue weighted by Gasteiger charge is 2.10. The molecule has 7 heteroatoms. The van der Waals surface area contributed by atoms with Gasteiger partial charge in [-0.15, -0.1) is 0 Å². The molecule has 0 bridgehead atoms. The highest BCUT2D eigenvalue weighted by Crippen LogP contribution is 1.98. The summed E-state index contributed by atoms with van der Waals surface area (Å²) >= 11 is 0. The normalized spacial score (nSPS) is 10.6. The first-order chi connectivity index (χ1) is 10.1. The molecule has 0 radical (unpaired) electrons. The number of aliphatic hydroxyl groups excluding tert-OH is 1. The van der Waals surface area contributed by atoms with Gasteiger partial charge < -0.3 is 14.8 Å². The van der Waals surface area contributed by atoms with Crippen LogP contribution in [0.15, 0.2) is 22.8 Å². The summed E-state index contributed by atoms with van der Waals surface area (Å²) in [5.41, 5.74) is 0. The smallest absolute Gasteiger partial charge is 0.321 e. The Morgan fingerprint density at radius 1 is 1.33 bits per heavy atom. The van der Waals surface area contributed by atoms with E-state index in [-0.39, 0.29) is 25.6 Å². The fraction of sp³-hybridized carbons (Fsp3) is 0.571. The van der Waals surface area contributed by atoms with E-state index < -0.39 is 6.03 Å². The Morgan fingerprint density at radius 3 is 2.81 bits per heavy atom. The Balaban J connectivity index is 2.12. The second-order valence-corrected chi connectivity index (χ2v) is 4.83. The summed E-state index contributed by atoms with van der Waals surface area (Å²) in [6.07, 6.45) is 4.13. The van der Waals surface area contributed by atoms with Gasteiger partial charge in [-0.25, -0.2) is 4.79 Å². The number of amides is 3. The van der Waals surface area contributed by atoms with Gasteiger partial charge in [-0.05, 0) is 45.0 Å². The lowest BCUT2D eigenvalue weighted by molar-refractivity contribution is -0.120. The molecular formula is C14H23N3O4. The highest BCUT2D eigenvalue weighted by atomic mass is 16.3. The monoisotopic (exact) mass is 297 g/mol. The van der Waals surface area contributed by atoms with Crippen LogP contribution in [0, 0.1) is 0 Å². The van der Waals surface area contributed by atoms with Gasteiger partial charge in [0.1, 0.15) is 5.76 Å². The molecule has 1 aromatic rings. The number of aliphatic hydroxyl groups is 1. The lowest BCUT2D eigenvalue weighted by Gasteiger charge is -2.15. The van der Waals surface area contributed by atoms with Gasteiger partial charge in [0.2, 0.25) is 5.91 Å². The Morgan fingerprint density at radius 2 is 2.14 bits per heavy atom. The number of likely N-dealkylation sites (N-methyl/N-ethyl adjacent to an activating group) is 1. The zero-order valence-electron chi connectivity index (χ0n) is 12.3. The maximum Gasteiger partial charge on any atom is 0.321 e. The number of rotatable bonds is 9. The lowest BCUT2D eigenvalue weighted by atomic mass is 10.2. The molecule has 1 heterocycles. The van der Waals surface area contributed by atoms with Gasteiger partial charge in [0.25, 0.3) is 0 Å². The van der Waals surface area contributed by atoms with E-state index in [2.05, 4.69) is 10.6 Å². The number of nitrogens with one attached hydrogen (secondary N) is 2. The molecule has 0 unspecified atom stereocenters. The van der Waals surface area contributed by atoms with E-state index in [1.807, 2.05) is 11.9 Å². The Kier molecular flexibility index (Phi) is 8.15. The maximum atomic E-state index is 11.6. The van der Waals surface area contributed by atoms with Crippen molar-refractivity contribution in [2.45, 2.75) is 25.8 Å². The number of urea groups is 1. The molecule has 0 spiro atoms. The summed E-state index contributed by atoms with van der Waals surface area (Å²) < 4.78 is 5.06. The van der Waals surface area contributed by atoms with Gasteiger partial charge in [0.15, 0.2) is 0 Å². The Bertz CT molecular complexity index is 420. The average molecular weight is 297 g/mol.